The molecular weight excluding hydrogens is 250 g/mol. The topological polar surface area (TPSA) is 51.0 Å². The summed E-state index contributed by atoms with van der Waals surface area (Å²) < 4.78 is 5.38. The van der Waals surface area contributed by atoms with Crippen molar-refractivity contribution >= 4 is 0 Å². The Morgan fingerprint density at radius 1 is 1.20 bits per heavy atom. The molecule has 1 unspecified atom stereocenters. The maximum Gasteiger partial charge on any atom is 0.228 e. The van der Waals surface area contributed by atoms with Crippen LogP contribution in [0.3, 0.4) is 0 Å². The molecule has 0 aliphatic rings. The van der Waals surface area contributed by atoms with Gasteiger partial charge in [-0.2, -0.15) is 4.98 Å². The minimum Gasteiger partial charge on any atom is -0.339 e. The van der Waals surface area contributed by atoms with Crippen LogP contribution in [0.1, 0.15) is 32.2 Å². The molecule has 0 amide bonds. The van der Waals surface area contributed by atoms with E-state index in [-0.39, 0.29) is 0 Å². The zero-order valence-electron chi connectivity index (χ0n) is 12.7. The van der Waals surface area contributed by atoms with Crippen molar-refractivity contribution in [3.05, 3.63) is 35.7 Å². The van der Waals surface area contributed by atoms with E-state index in [9.17, 15) is 0 Å². The molecule has 0 saturated heterocycles. The van der Waals surface area contributed by atoms with Gasteiger partial charge in [-0.25, -0.2) is 0 Å². The molecule has 0 aliphatic carbocycles. The lowest BCUT2D eigenvalue weighted by atomic mass is 10.0. The van der Waals surface area contributed by atoms with Crippen molar-refractivity contribution in [1.29, 1.82) is 0 Å². The normalized spacial score (nSPS) is 12.8. The molecule has 1 N–H and O–H groups in total. The fourth-order valence-electron chi connectivity index (χ4n) is 2.15. The molecular formula is C16H23N3O. The lowest BCUT2D eigenvalue weighted by Crippen LogP contribution is -2.35. The van der Waals surface area contributed by atoms with Crippen molar-refractivity contribution < 1.29 is 4.52 Å². The van der Waals surface area contributed by atoms with Gasteiger partial charge in [-0.3, -0.25) is 0 Å². The van der Waals surface area contributed by atoms with E-state index in [0.717, 1.165) is 18.5 Å². The Kier molecular flexibility index (Phi) is 4.90. The van der Waals surface area contributed by atoms with Gasteiger partial charge < -0.3 is 9.84 Å². The highest BCUT2D eigenvalue weighted by molar-refractivity contribution is 5.54. The van der Waals surface area contributed by atoms with E-state index >= 15 is 0 Å². The van der Waals surface area contributed by atoms with Crippen molar-refractivity contribution in [2.45, 2.75) is 40.2 Å². The smallest absolute Gasteiger partial charge is 0.228 e. The highest BCUT2D eigenvalue weighted by Gasteiger charge is 2.17. The zero-order chi connectivity index (χ0) is 14.5. The zero-order valence-corrected chi connectivity index (χ0v) is 12.7. The number of hydrogen-bond donors (Lipinski definition) is 1. The SMILES string of the molecule is CCNC(Cc1nc(-c2ccc(C)cc2)no1)C(C)C. The van der Waals surface area contributed by atoms with Crippen LogP contribution in [0, 0.1) is 12.8 Å². The van der Waals surface area contributed by atoms with Crippen LogP contribution < -0.4 is 5.32 Å². The second kappa shape index (κ2) is 6.66. The summed E-state index contributed by atoms with van der Waals surface area (Å²) in [5, 5.41) is 7.53. The quantitative estimate of drug-likeness (QED) is 0.878. The average molecular weight is 273 g/mol. The molecule has 1 aromatic carbocycles. The molecule has 108 valence electrons. The summed E-state index contributed by atoms with van der Waals surface area (Å²) in [4.78, 5) is 4.50. The second-order valence-corrected chi connectivity index (χ2v) is 5.49. The van der Waals surface area contributed by atoms with Crippen molar-refractivity contribution in [3.63, 3.8) is 0 Å². The van der Waals surface area contributed by atoms with Gasteiger partial charge in [0.1, 0.15) is 0 Å². The second-order valence-electron chi connectivity index (χ2n) is 5.49. The first-order chi connectivity index (χ1) is 9.60. The van der Waals surface area contributed by atoms with E-state index in [1.54, 1.807) is 0 Å². The maximum absolute atomic E-state index is 5.38. The highest BCUT2D eigenvalue weighted by atomic mass is 16.5. The largest absolute Gasteiger partial charge is 0.339 e. The predicted molar refractivity (Wildman–Crippen MR) is 80.5 cm³/mol. The lowest BCUT2D eigenvalue weighted by Gasteiger charge is -2.19. The van der Waals surface area contributed by atoms with Crippen molar-refractivity contribution in [2.24, 2.45) is 5.92 Å². The fourth-order valence-corrected chi connectivity index (χ4v) is 2.15. The molecule has 20 heavy (non-hydrogen) atoms. The molecule has 4 heteroatoms. The molecule has 0 bridgehead atoms. The summed E-state index contributed by atoms with van der Waals surface area (Å²) in [6, 6.07) is 8.52. The first-order valence-corrected chi connectivity index (χ1v) is 7.23. The van der Waals surface area contributed by atoms with Gasteiger partial charge in [-0.15, -0.1) is 0 Å². The summed E-state index contributed by atoms with van der Waals surface area (Å²) in [6.07, 6.45) is 0.768. The molecule has 1 heterocycles. The molecule has 0 fully saturated rings. The van der Waals surface area contributed by atoms with Gasteiger partial charge in [0.2, 0.25) is 11.7 Å². The van der Waals surface area contributed by atoms with E-state index in [0.29, 0.717) is 23.7 Å². The van der Waals surface area contributed by atoms with Gasteiger partial charge in [-0.1, -0.05) is 55.8 Å². The Balaban J connectivity index is 2.10. The molecule has 0 radical (unpaired) electrons. The van der Waals surface area contributed by atoms with E-state index in [1.807, 2.05) is 12.1 Å². The average Bonchev–Trinajstić information content (AvgIpc) is 2.87. The third-order valence-corrected chi connectivity index (χ3v) is 3.44. The summed E-state index contributed by atoms with van der Waals surface area (Å²) in [6.45, 7) is 9.52. The number of nitrogens with zero attached hydrogens (tertiary/aromatic N) is 2. The van der Waals surface area contributed by atoms with Crippen LogP contribution in [-0.4, -0.2) is 22.7 Å². The van der Waals surface area contributed by atoms with Gasteiger partial charge in [0.25, 0.3) is 0 Å². The first kappa shape index (κ1) is 14.7. The van der Waals surface area contributed by atoms with Gasteiger partial charge in [-0.05, 0) is 19.4 Å². The Morgan fingerprint density at radius 3 is 2.50 bits per heavy atom. The van der Waals surface area contributed by atoms with Crippen LogP contribution in [0.15, 0.2) is 28.8 Å². The summed E-state index contributed by atoms with van der Waals surface area (Å²) in [5.41, 5.74) is 2.22. The molecule has 1 atom stereocenters. The lowest BCUT2D eigenvalue weighted by molar-refractivity contribution is 0.329. The predicted octanol–water partition coefficient (Wildman–Crippen LogP) is 3.22. The van der Waals surface area contributed by atoms with Crippen LogP contribution in [-0.2, 0) is 6.42 Å². The molecule has 0 spiro atoms. The fraction of sp³-hybridized carbons (Fsp3) is 0.500. The van der Waals surface area contributed by atoms with Crippen molar-refractivity contribution in [3.8, 4) is 11.4 Å². The summed E-state index contributed by atoms with van der Waals surface area (Å²) in [7, 11) is 0. The summed E-state index contributed by atoms with van der Waals surface area (Å²) >= 11 is 0. The number of hydrogen-bond acceptors (Lipinski definition) is 4. The highest BCUT2D eigenvalue weighted by Crippen LogP contribution is 2.17. The van der Waals surface area contributed by atoms with E-state index < -0.39 is 0 Å². The van der Waals surface area contributed by atoms with Crippen LogP contribution in [0.25, 0.3) is 11.4 Å². The number of likely N-dealkylation sites (N-methyl/N-ethyl adjacent to an activating group) is 1. The Morgan fingerprint density at radius 2 is 1.90 bits per heavy atom. The number of nitrogens with one attached hydrogen (secondary N) is 1. The van der Waals surface area contributed by atoms with Gasteiger partial charge in [0, 0.05) is 18.0 Å². The van der Waals surface area contributed by atoms with E-state index in [2.05, 4.69) is 55.3 Å². The molecule has 0 saturated carbocycles. The van der Waals surface area contributed by atoms with Gasteiger partial charge in [0.05, 0.1) is 0 Å². The standard InChI is InChI=1S/C16H23N3O/c1-5-17-14(11(2)3)10-15-18-16(19-20-15)13-8-6-12(4)7-9-13/h6-9,11,14,17H,5,10H2,1-4H3. The molecule has 2 aromatic rings. The third-order valence-electron chi connectivity index (χ3n) is 3.44. The molecule has 1 aromatic heterocycles. The molecule has 2 rings (SSSR count). The Labute approximate surface area is 120 Å². The molecule has 4 nitrogen and oxygen atoms in total. The minimum absolute atomic E-state index is 0.367. The number of benzene rings is 1. The Bertz CT molecular complexity index is 531. The van der Waals surface area contributed by atoms with Gasteiger partial charge >= 0.3 is 0 Å². The number of aryl methyl sites for hydroxylation is 1. The summed E-state index contributed by atoms with van der Waals surface area (Å²) in [5.74, 6) is 1.89. The van der Waals surface area contributed by atoms with E-state index in [4.69, 9.17) is 4.52 Å². The van der Waals surface area contributed by atoms with Crippen LogP contribution in [0.5, 0.6) is 0 Å². The first-order valence-electron chi connectivity index (χ1n) is 7.23. The third kappa shape index (κ3) is 3.67. The van der Waals surface area contributed by atoms with E-state index in [1.165, 1.54) is 5.56 Å². The monoisotopic (exact) mass is 273 g/mol. The van der Waals surface area contributed by atoms with Crippen LogP contribution >= 0.6 is 0 Å². The number of rotatable bonds is 6. The van der Waals surface area contributed by atoms with Gasteiger partial charge in [0.15, 0.2) is 0 Å². The van der Waals surface area contributed by atoms with Crippen LogP contribution in [0.4, 0.5) is 0 Å². The Hall–Kier alpha value is -1.68. The van der Waals surface area contributed by atoms with Crippen LogP contribution in [0.2, 0.25) is 0 Å². The van der Waals surface area contributed by atoms with Crippen molar-refractivity contribution in [1.82, 2.24) is 15.5 Å². The van der Waals surface area contributed by atoms with Crippen molar-refractivity contribution in [2.75, 3.05) is 6.54 Å². The number of aromatic nitrogens is 2. The minimum atomic E-state index is 0.367. The molecule has 0 aliphatic heterocycles. The maximum atomic E-state index is 5.38.